The van der Waals surface area contributed by atoms with Crippen LogP contribution in [0.2, 0.25) is 0 Å². The van der Waals surface area contributed by atoms with Crippen LogP contribution in [0, 0.1) is 3.57 Å². The molecule has 7 heteroatoms. The summed E-state index contributed by atoms with van der Waals surface area (Å²) in [7, 11) is 0. The Morgan fingerprint density at radius 1 is 1.67 bits per heavy atom. The third-order valence-corrected chi connectivity index (χ3v) is 2.88. The van der Waals surface area contributed by atoms with E-state index in [1.54, 1.807) is 22.6 Å². The fourth-order valence-corrected chi connectivity index (χ4v) is 2.24. The van der Waals surface area contributed by atoms with Crippen LogP contribution in [-0.2, 0) is 5.88 Å². The molecule has 3 nitrogen and oxygen atoms in total. The number of carboxylic acid groups (broad SMARTS) is 1. The summed E-state index contributed by atoms with van der Waals surface area (Å²) >= 11 is 7.27. The molecule has 0 aliphatic rings. The van der Waals surface area contributed by atoms with Crippen LogP contribution in [0.3, 0.4) is 0 Å². The zero-order valence-electron chi connectivity index (χ0n) is 7.18. The molecule has 0 aromatic carbocycles. The number of nitrogens with zero attached hydrogens (tertiary/aromatic N) is 1. The molecule has 15 heavy (non-hydrogen) atoms. The summed E-state index contributed by atoms with van der Waals surface area (Å²) in [6.45, 7) is 0. The molecular weight excluding hydrogens is 342 g/mol. The smallest absolute Gasteiger partial charge is 0.354 e. The maximum absolute atomic E-state index is 12.3. The molecule has 0 unspecified atom stereocenters. The van der Waals surface area contributed by atoms with Crippen molar-refractivity contribution in [3.8, 4) is 0 Å². The lowest BCUT2D eigenvalue weighted by Crippen LogP contribution is -2.09. The first-order valence-electron chi connectivity index (χ1n) is 3.74. The van der Waals surface area contributed by atoms with Crippen molar-refractivity contribution in [1.82, 2.24) is 4.98 Å². The number of aromatic carboxylic acids is 1. The van der Waals surface area contributed by atoms with E-state index in [0.29, 0.717) is 3.57 Å². The number of hydrogen-bond acceptors (Lipinski definition) is 2. The zero-order valence-corrected chi connectivity index (χ0v) is 10.1. The molecule has 0 bridgehead atoms. The molecule has 82 valence electrons. The number of aromatic nitrogens is 1. The molecule has 0 atom stereocenters. The lowest BCUT2D eigenvalue weighted by molar-refractivity contribution is 0.0687. The highest BCUT2D eigenvalue weighted by atomic mass is 127. The van der Waals surface area contributed by atoms with Gasteiger partial charge in [-0.25, -0.2) is 18.6 Å². The third-order valence-electron chi connectivity index (χ3n) is 1.65. The van der Waals surface area contributed by atoms with Gasteiger partial charge in [-0.15, -0.1) is 11.6 Å². The van der Waals surface area contributed by atoms with E-state index in [4.69, 9.17) is 16.7 Å². The number of hydrogen-bond donors (Lipinski definition) is 1. The van der Waals surface area contributed by atoms with E-state index in [-0.39, 0.29) is 11.4 Å². The summed E-state index contributed by atoms with van der Waals surface area (Å²) in [5, 5.41) is 8.76. The third kappa shape index (κ3) is 2.75. The van der Waals surface area contributed by atoms with Gasteiger partial charge in [-0.1, -0.05) is 0 Å². The predicted molar refractivity (Wildman–Crippen MR) is 58.4 cm³/mol. The molecule has 0 aliphatic carbocycles. The van der Waals surface area contributed by atoms with E-state index in [0.717, 1.165) is 6.07 Å². The largest absolute Gasteiger partial charge is 0.477 e. The number of carboxylic acids is 1. The van der Waals surface area contributed by atoms with Crippen molar-refractivity contribution < 1.29 is 18.7 Å². The van der Waals surface area contributed by atoms with Gasteiger partial charge in [0.15, 0.2) is 5.69 Å². The summed E-state index contributed by atoms with van der Waals surface area (Å²) < 4.78 is 25.0. The minimum Gasteiger partial charge on any atom is -0.477 e. The van der Waals surface area contributed by atoms with E-state index in [1.165, 1.54) is 0 Å². The van der Waals surface area contributed by atoms with Gasteiger partial charge < -0.3 is 5.11 Å². The fourth-order valence-electron chi connectivity index (χ4n) is 0.975. The molecular formula is C8H5ClF2INO2. The van der Waals surface area contributed by atoms with Crippen LogP contribution in [0.1, 0.15) is 28.2 Å². The van der Waals surface area contributed by atoms with E-state index < -0.39 is 23.8 Å². The Labute approximate surface area is 103 Å². The van der Waals surface area contributed by atoms with E-state index in [9.17, 15) is 13.6 Å². The number of alkyl halides is 3. The first-order valence-corrected chi connectivity index (χ1v) is 5.35. The van der Waals surface area contributed by atoms with Crippen LogP contribution in [0.25, 0.3) is 0 Å². The average molecular weight is 347 g/mol. The molecule has 0 saturated heterocycles. The molecule has 0 saturated carbocycles. The van der Waals surface area contributed by atoms with Gasteiger partial charge in [-0.05, 0) is 28.7 Å². The second kappa shape index (κ2) is 5.02. The maximum Gasteiger partial charge on any atom is 0.354 e. The highest BCUT2D eigenvalue weighted by Crippen LogP contribution is 2.24. The predicted octanol–water partition coefficient (Wildman–Crippen LogP) is 3.06. The number of carbonyl (C=O) groups is 1. The quantitative estimate of drug-likeness (QED) is 0.675. The second-order valence-electron chi connectivity index (χ2n) is 2.60. The van der Waals surface area contributed by atoms with Crippen LogP contribution >= 0.6 is 34.2 Å². The van der Waals surface area contributed by atoms with Crippen molar-refractivity contribution in [3.63, 3.8) is 0 Å². The van der Waals surface area contributed by atoms with Crippen LogP contribution < -0.4 is 0 Å². The average Bonchev–Trinajstić information content (AvgIpc) is 2.16. The Balaban J connectivity index is 3.38. The van der Waals surface area contributed by atoms with Gasteiger partial charge in [0.1, 0.15) is 5.69 Å². The maximum atomic E-state index is 12.3. The number of rotatable bonds is 3. The van der Waals surface area contributed by atoms with Crippen molar-refractivity contribution in [2.24, 2.45) is 0 Å². The van der Waals surface area contributed by atoms with Crippen molar-refractivity contribution in [2.75, 3.05) is 0 Å². The van der Waals surface area contributed by atoms with Gasteiger partial charge in [-0.3, -0.25) is 0 Å². The fraction of sp³-hybridized carbons (Fsp3) is 0.250. The van der Waals surface area contributed by atoms with Crippen LogP contribution in [-0.4, -0.2) is 16.1 Å². The number of pyridine rings is 1. The van der Waals surface area contributed by atoms with Gasteiger partial charge in [0.05, 0.1) is 5.88 Å². The summed E-state index contributed by atoms with van der Waals surface area (Å²) in [6, 6.07) is 1.13. The Morgan fingerprint density at radius 3 is 2.67 bits per heavy atom. The summed E-state index contributed by atoms with van der Waals surface area (Å²) in [5.74, 6) is -1.43. The van der Waals surface area contributed by atoms with E-state index >= 15 is 0 Å². The normalized spacial score (nSPS) is 10.7. The first-order chi connectivity index (χ1) is 6.97. The lowest BCUT2D eigenvalue weighted by Gasteiger charge is -2.07. The Morgan fingerprint density at radius 2 is 2.27 bits per heavy atom. The number of halogens is 4. The molecule has 1 N–H and O–H groups in total. The molecule has 0 fully saturated rings. The van der Waals surface area contributed by atoms with E-state index in [2.05, 4.69) is 4.98 Å². The van der Waals surface area contributed by atoms with Gasteiger partial charge in [-0.2, -0.15) is 0 Å². The van der Waals surface area contributed by atoms with Gasteiger partial charge in [0.2, 0.25) is 0 Å². The van der Waals surface area contributed by atoms with Crippen LogP contribution in [0.5, 0.6) is 0 Å². The van der Waals surface area contributed by atoms with Crippen LogP contribution in [0.15, 0.2) is 6.07 Å². The lowest BCUT2D eigenvalue weighted by atomic mass is 10.2. The van der Waals surface area contributed by atoms with E-state index in [1.807, 2.05) is 0 Å². The second-order valence-corrected chi connectivity index (χ2v) is 4.03. The molecule has 0 amide bonds. The molecule has 0 aliphatic heterocycles. The Hall–Kier alpha value is -0.500. The van der Waals surface area contributed by atoms with Gasteiger partial charge >= 0.3 is 5.97 Å². The Bertz CT molecular complexity index is 400. The van der Waals surface area contributed by atoms with Gasteiger partial charge in [0.25, 0.3) is 6.43 Å². The van der Waals surface area contributed by atoms with Crippen molar-refractivity contribution >= 4 is 40.2 Å². The van der Waals surface area contributed by atoms with Crippen LogP contribution in [0.4, 0.5) is 8.78 Å². The highest BCUT2D eigenvalue weighted by Gasteiger charge is 2.19. The monoisotopic (exact) mass is 347 g/mol. The molecule has 1 rings (SSSR count). The van der Waals surface area contributed by atoms with Gasteiger partial charge in [0, 0.05) is 9.13 Å². The standard InChI is InChI=1S/C8H5ClF2INO2/c9-2-3-4(12)1-5(7(10)11)13-6(3)8(14)15/h1,7H,2H2,(H,14,15). The first kappa shape index (κ1) is 12.6. The Kier molecular flexibility index (Phi) is 4.21. The van der Waals surface area contributed by atoms with Crippen molar-refractivity contribution in [2.45, 2.75) is 12.3 Å². The topological polar surface area (TPSA) is 50.2 Å². The van der Waals surface area contributed by atoms with Crippen molar-refractivity contribution in [1.29, 1.82) is 0 Å². The summed E-state index contributed by atoms with van der Waals surface area (Å²) in [6.07, 6.45) is -2.79. The molecule has 1 aromatic heterocycles. The molecule has 0 radical (unpaired) electrons. The molecule has 1 heterocycles. The minimum atomic E-state index is -2.79. The highest BCUT2D eigenvalue weighted by molar-refractivity contribution is 14.1. The minimum absolute atomic E-state index is 0.0730. The molecule has 0 spiro atoms. The zero-order chi connectivity index (χ0) is 11.6. The SMILES string of the molecule is O=C(O)c1nc(C(F)F)cc(I)c1CCl. The summed E-state index contributed by atoms with van der Waals surface area (Å²) in [4.78, 5) is 14.1. The molecule has 1 aromatic rings. The summed E-state index contributed by atoms with van der Waals surface area (Å²) in [5.41, 5.74) is -0.702. The van der Waals surface area contributed by atoms with Crippen molar-refractivity contribution in [3.05, 3.63) is 26.6 Å².